The van der Waals surface area contributed by atoms with Gasteiger partial charge in [-0.25, -0.2) is 0 Å². The lowest BCUT2D eigenvalue weighted by Gasteiger charge is -2.20. The van der Waals surface area contributed by atoms with E-state index in [1.165, 1.54) is 0 Å². The van der Waals surface area contributed by atoms with E-state index >= 15 is 0 Å². The molecule has 0 aliphatic carbocycles. The highest BCUT2D eigenvalue weighted by molar-refractivity contribution is 6.07. The highest BCUT2D eigenvalue weighted by atomic mass is 16.2. The monoisotopic (exact) mass is 258 g/mol. The first-order valence-corrected chi connectivity index (χ1v) is 6.51. The van der Waals surface area contributed by atoms with Crippen LogP contribution < -0.4 is 5.56 Å². The molecule has 1 amide bonds. The van der Waals surface area contributed by atoms with Crippen LogP contribution in [-0.4, -0.2) is 28.9 Å². The number of nitrogens with zero attached hydrogens (tertiary/aromatic N) is 1. The van der Waals surface area contributed by atoms with Crippen LogP contribution in [0, 0.1) is 6.92 Å². The second-order valence-electron chi connectivity index (χ2n) is 4.48. The summed E-state index contributed by atoms with van der Waals surface area (Å²) in [6, 6.07) is 7.22. The topological polar surface area (TPSA) is 53.2 Å². The van der Waals surface area contributed by atoms with E-state index in [1.54, 1.807) is 24.0 Å². The zero-order chi connectivity index (χ0) is 14.0. The minimum atomic E-state index is -0.149. The number of hydrogen-bond acceptors (Lipinski definition) is 2. The Labute approximate surface area is 112 Å². The van der Waals surface area contributed by atoms with Crippen LogP contribution in [0.25, 0.3) is 10.8 Å². The zero-order valence-corrected chi connectivity index (χ0v) is 11.5. The van der Waals surface area contributed by atoms with Crippen molar-refractivity contribution in [2.24, 2.45) is 0 Å². The van der Waals surface area contributed by atoms with E-state index in [-0.39, 0.29) is 11.5 Å². The molecule has 0 unspecified atom stereocenters. The van der Waals surface area contributed by atoms with Crippen LogP contribution in [0.15, 0.2) is 29.1 Å². The summed E-state index contributed by atoms with van der Waals surface area (Å²) >= 11 is 0. The van der Waals surface area contributed by atoms with Gasteiger partial charge in [-0.15, -0.1) is 0 Å². The van der Waals surface area contributed by atoms with Gasteiger partial charge in [0.1, 0.15) is 0 Å². The summed E-state index contributed by atoms with van der Waals surface area (Å²) < 4.78 is 0. The van der Waals surface area contributed by atoms with E-state index in [0.717, 1.165) is 5.39 Å². The van der Waals surface area contributed by atoms with Crippen molar-refractivity contribution in [1.29, 1.82) is 0 Å². The first-order chi connectivity index (χ1) is 9.10. The molecule has 0 bridgehead atoms. The van der Waals surface area contributed by atoms with Gasteiger partial charge in [0.2, 0.25) is 0 Å². The van der Waals surface area contributed by atoms with E-state index in [2.05, 4.69) is 4.98 Å². The maximum absolute atomic E-state index is 12.6. The summed E-state index contributed by atoms with van der Waals surface area (Å²) in [5.41, 5.74) is 1.07. The number of nitrogens with one attached hydrogen (secondary N) is 1. The molecular weight excluding hydrogens is 240 g/mol. The molecule has 1 aromatic heterocycles. The number of carbonyl (C=O) groups excluding carboxylic acids is 1. The molecule has 0 fully saturated rings. The molecule has 0 saturated heterocycles. The van der Waals surface area contributed by atoms with Crippen LogP contribution in [0.4, 0.5) is 0 Å². The fourth-order valence-corrected chi connectivity index (χ4v) is 2.35. The summed E-state index contributed by atoms with van der Waals surface area (Å²) in [7, 11) is 0. The summed E-state index contributed by atoms with van der Waals surface area (Å²) in [6.45, 7) is 6.98. The van der Waals surface area contributed by atoms with Crippen LogP contribution in [0.3, 0.4) is 0 Å². The number of rotatable bonds is 3. The molecule has 0 aliphatic heterocycles. The molecule has 0 spiro atoms. The summed E-state index contributed by atoms with van der Waals surface area (Å²) in [5, 5.41) is 1.28. The van der Waals surface area contributed by atoms with Crippen LogP contribution >= 0.6 is 0 Å². The van der Waals surface area contributed by atoms with Crippen LogP contribution in [0.5, 0.6) is 0 Å². The number of carbonyl (C=O) groups is 1. The second-order valence-corrected chi connectivity index (χ2v) is 4.48. The molecule has 2 rings (SSSR count). The number of H-pyrrole nitrogens is 1. The fraction of sp³-hybridized carbons (Fsp3) is 0.333. The van der Waals surface area contributed by atoms with Gasteiger partial charge >= 0.3 is 0 Å². The Hall–Kier alpha value is -2.10. The molecule has 2 aromatic rings. The van der Waals surface area contributed by atoms with E-state index in [4.69, 9.17) is 0 Å². The van der Waals surface area contributed by atoms with Crippen molar-refractivity contribution < 1.29 is 4.79 Å². The Morgan fingerprint density at radius 3 is 2.32 bits per heavy atom. The number of aryl methyl sites for hydroxylation is 1. The van der Waals surface area contributed by atoms with Crippen LogP contribution in [0.1, 0.15) is 29.9 Å². The first-order valence-electron chi connectivity index (χ1n) is 6.51. The summed E-state index contributed by atoms with van der Waals surface area (Å²) in [5.74, 6) is -0.0325. The van der Waals surface area contributed by atoms with Gasteiger partial charge in [0.25, 0.3) is 11.5 Å². The largest absolute Gasteiger partial charge is 0.339 e. The van der Waals surface area contributed by atoms with Gasteiger partial charge in [0.15, 0.2) is 0 Å². The standard InChI is InChI=1S/C15H18N2O2/c1-4-17(5-2)15(19)13-10(3)16-14(18)12-9-7-6-8-11(12)13/h6-9H,4-5H2,1-3H3,(H,16,18). The van der Waals surface area contributed by atoms with E-state index in [9.17, 15) is 9.59 Å². The first kappa shape index (κ1) is 13.3. The van der Waals surface area contributed by atoms with E-state index in [1.807, 2.05) is 26.0 Å². The molecule has 100 valence electrons. The molecule has 4 nitrogen and oxygen atoms in total. The normalized spacial score (nSPS) is 10.7. The molecule has 19 heavy (non-hydrogen) atoms. The van der Waals surface area contributed by atoms with Crippen molar-refractivity contribution in [2.75, 3.05) is 13.1 Å². The van der Waals surface area contributed by atoms with Crippen molar-refractivity contribution in [2.45, 2.75) is 20.8 Å². The molecule has 0 radical (unpaired) electrons. The van der Waals surface area contributed by atoms with Crippen LogP contribution in [-0.2, 0) is 0 Å². The Kier molecular flexibility index (Phi) is 3.69. The van der Waals surface area contributed by atoms with Crippen molar-refractivity contribution in [3.05, 3.63) is 45.9 Å². The molecular formula is C15H18N2O2. The third-order valence-corrected chi connectivity index (χ3v) is 3.38. The third kappa shape index (κ3) is 2.26. The quantitative estimate of drug-likeness (QED) is 0.918. The average Bonchev–Trinajstić information content (AvgIpc) is 2.40. The van der Waals surface area contributed by atoms with Gasteiger partial charge in [-0.3, -0.25) is 9.59 Å². The van der Waals surface area contributed by atoms with Crippen LogP contribution in [0.2, 0.25) is 0 Å². The van der Waals surface area contributed by atoms with Crippen molar-refractivity contribution in [3.63, 3.8) is 0 Å². The minimum Gasteiger partial charge on any atom is -0.339 e. The maximum atomic E-state index is 12.6. The fourth-order valence-electron chi connectivity index (χ4n) is 2.35. The number of amides is 1. The smallest absolute Gasteiger partial charge is 0.256 e. The maximum Gasteiger partial charge on any atom is 0.256 e. The number of fused-ring (bicyclic) bond motifs is 1. The Bertz CT molecular complexity index is 669. The average molecular weight is 258 g/mol. The number of aromatic nitrogens is 1. The highest BCUT2D eigenvalue weighted by Gasteiger charge is 2.19. The predicted octanol–water partition coefficient (Wildman–Crippen LogP) is 2.32. The highest BCUT2D eigenvalue weighted by Crippen LogP contribution is 2.19. The second kappa shape index (κ2) is 5.26. The number of benzene rings is 1. The summed E-state index contributed by atoms with van der Waals surface area (Å²) in [6.07, 6.45) is 0. The lowest BCUT2D eigenvalue weighted by molar-refractivity contribution is 0.0774. The molecule has 1 N–H and O–H groups in total. The van der Waals surface area contributed by atoms with Crippen molar-refractivity contribution >= 4 is 16.7 Å². The number of hydrogen-bond donors (Lipinski definition) is 1. The summed E-state index contributed by atoms with van der Waals surface area (Å²) in [4.78, 5) is 29.0. The van der Waals surface area contributed by atoms with Gasteiger partial charge in [-0.05, 0) is 26.8 Å². The zero-order valence-electron chi connectivity index (χ0n) is 11.5. The molecule has 1 aromatic carbocycles. The van der Waals surface area contributed by atoms with E-state index in [0.29, 0.717) is 29.7 Å². The Morgan fingerprint density at radius 2 is 1.74 bits per heavy atom. The molecule has 0 aliphatic rings. The van der Waals surface area contributed by atoms with Crippen molar-refractivity contribution in [3.8, 4) is 0 Å². The lowest BCUT2D eigenvalue weighted by atomic mass is 10.0. The Morgan fingerprint density at radius 1 is 1.16 bits per heavy atom. The molecule has 1 heterocycles. The van der Waals surface area contributed by atoms with Gasteiger partial charge < -0.3 is 9.88 Å². The lowest BCUT2D eigenvalue weighted by Crippen LogP contribution is -2.32. The van der Waals surface area contributed by atoms with E-state index < -0.39 is 0 Å². The third-order valence-electron chi connectivity index (χ3n) is 3.38. The molecule has 0 saturated carbocycles. The predicted molar refractivity (Wildman–Crippen MR) is 76.6 cm³/mol. The van der Waals surface area contributed by atoms with Gasteiger partial charge in [-0.1, -0.05) is 18.2 Å². The number of pyridine rings is 1. The molecule has 0 atom stereocenters. The van der Waals surface area contributed by atoms with Gasteiger partial charge in [0, 0.05) is 29.6 Å². The molecule has 4 heteroatoms. The number of aromatic amines is 1. The van der Waals surface area contributed by atoms with Gasteiger partial charge in [0.05, 0.1) is 5.56 Å². The minimum absolute atomic E-state index is 0.0325. The Balaban J connectivity index is 2.73. The van der Waals surface area contributed by atoms with Gasteiger partial charge in [-0.2, -0.15) is 0 Å². The SMILES string of the molecule is CCN(CC)C(=O)c1c(C)[nH]c(=O)c2ccccc12. The van der Waals surface area contributed by atoms with Crippen molar-refractivity contribution in [1.82, 2.24) is 9.88 Å².